The Labute approximate surface area is 159 Å². The predicted octanol–water partition coefficient (Wildman–Crippen LogP) is 6.72. The van der Waals surface area contributed by atoms with Crippen LogP contribution in [0.1, 0.15) is 54.8 Å². The summed E-state index contributed by atoms with van der Waals surface area (Å²) in [5, 5.41) is 0.958. The maximum atomic E-state index is 6.76. The molecule has 1 aliphatic carbocycles. The fourth-order valence-electron chi connectivity index (χ4n) is 3.44. The molecule has 5 heteroatoms. The molecule has 3 rings (SSSR count). The summed E-state index contributed by atoms with van der Waals surface area (Å²) in [7, 11) is 0. The zero-order valence-electron chi connectivity index (χ0n) is 13.8. The second-order valence-corrected chi connectivity index (χ2v) is 8.65. The lowest BCUT2D eigenvalue weighted by Gasteiger charge is -2.23. The molecule has 1 saturated carbocycles. The molecule has 2 atom stereocenters. The minimum absolute atomic E-state index is 0.148. The molecule has 0 radical (unpaired) electrons. The minimum atomic E-state index is -0.148. The fourth-order valence-corrected chi connectivity index (χ4v) is 5.28. The maximum Gasteiger partial charge on any atom is 0.125 e. The third-order valence-corrected chi connectivity index (χ3v) is 7.08. The van der Waals surface area contributed by atoms with Gasteiger partial charge in [-0.1, -0.05) is 61.0 Å². The smallest absolute Gasteiger partial charge is 0.125 e. The number of thioether (sulfide) groups is 1. The fraction of sp³-hybridized carbons (Fsp3) is 0.526. The van der Waals surface area contributed by atoms with Gasteiger partial charge in [-0.15, -0.1) is 0 Å². The van der Waals surface area contributed by atoms with Crippen molar-refractivity contribution in [1.82, 2.24) is 9.55 Å². The predicted molar refractivity (Wildman–Crippen MR) is 105 cm³/mol. The van der Waals surface area contributed by atoms with Gasteiger partial charge in [-0.2, -0.15) is 11.8 Å². The number of halogens is 2. The van der Waals surface area contributed by atoms with Gasteiger partial charge in [0.2, 0.25) is 0 Å². The Kier molecular flexibility index (Phi) is 6.94. The molecule has 0 amide bonds. The molecule has 24 heavy (non-hydrogen) atoms. The summed E-state index contributed by atoms with van der Waals surface area (Å²) in [6.45, 7) is 0. The van der Waals surface area contributed by atoms with Crippen LogP contribution in [0.4, 0.5) is 0 Å². The Morgan fingerprint density at radius 2 is 1.96 bits per heavy atom. The minimum Gasteiger partial charge on any atom is -0.319 e. The van der Waals surface area contributed by atoms with Gasteiger partial charge in [0.1, 0.15) is 5.50 Å². The van der Waals surface area contributed by atoms with E-state index in [1.807, 2.05) is 34.7 Å². The van der Waals surface area contributed by atoms with E-state index in [1.54, 1.807) is 12.5 Å². The Morgan fingerprint density at radius 1 is 1.21 bits per heavy atom. The van der Waals surface area contributed by atoms with Gasteiger partial charge in [-0.3, -0.25) is 0 Å². The van der Waals surface area contributed by atoms with Crippen LogP contribution in [0.3, 0.4) is 0 Å². The zero-order chi connectivity index (χ0) is 16.8. The van der Waals surface area contributed by atoms with Gasteiger partial charge in [0, 0.05) is 17.4 Å². The van der Waals surface area contributed by atoms with E-state index in [2.05, 4.69) is 17.1 Å². The molecule has 0 bridgehead atoms. The molecule has 0 spiro atoms. The van der Waals surface area contributed by atoms with Crippen LogP contribution in [0.5, 0.6) is 0 Å². The van der Waals surface area contributed by atoms with Crippen LogP contribution < -0.4 is 0 Å². The molecule has 1 heterocycles. The lowest BCUT2D eigenvalue weighted by molar-refractivity contribution is 0.498. The van der Waals surface area contributed by atoms with Crippen LogP contribution in [-0.2, 0) is 0 Å². The number of aromatic nitrogens is 2. The summed E-state index contributed by atoms with van der Waals surface area (Å²) in [5.74, 6) is 2.10. The topological polar surface area (TPSA) is 17.8 Å². The number of benzene rings is 1. The van der Waals surface area contributed by atoms with E-state index in [-0.39, 0.29) is 10.8 Å². The second-order valence-electron chi connectivity index (χ2n) is 6.52. The molecule has 1 fully saturated rings. The average Bonchev–Trinajstić information content (AvgIpc) is 3.29. The Bertz CT molecular complexity index is 594. The number of alkyl halides is 1. The van der Waals surface area contributed by atoms with E-state index in [9.17, 15) is 0 Å². The van der Waals surface area contributed by atoms with Crippen molar-refractivity contribution < 1.29 is 0 Å². The van der Waals surface area contributed by atoms with Gasteiger partial charge in [0.25, 0.3) is 0 Å². The van der Waals surface area contributed by atoms with Gasteiger partial charge in [0.05, 0.1) is 11.6 Å². The van der Waals surface area contributed by atoms with E-state index in [0.29, 0.717) is 0 Å². The van der Waals surface area contributed by atoms with Gasteiger partial charge in [-0.05, 0) is 42.2 Å². The van der Waals surface area contributed by atoms with Crippen LogP contribution in [0.2, 0.25) is 5.02 Å². The van der Waals surface area contributed by atoms with Crippen LogP contribution in [0, 0.1) is 5.92 Å². The highest BCUT2D eigenvalue weighted by molar-refractivity contribution is 7.99. The van der Waals surface area contributed by atoms with Crippen LogP contribution in [0.25, 0.3) is 0 Å². The molecule has 0 aliphatic heterocycles. The monoisotopic (exact) mass is 382 g/mol. The zero-order valence-corrected chi connectivity index (χ0v) is 16.1. The quantitative estimate of drug-likeness (QED) is 0.372. The first-order chi connectivity index (χ1) is 11.7. The van der Waals surface area contributed by atoms with Gasteiger partial charge in [0.15, 0.2) is 0 Å². The van der Waals surface area contributed by atoms with Gasteiger partial charge in [-0.25, -0.2) is 4.98 Å². The molecule has 1 aromatic heterocycles. The third kappa shape index (κ3) is 4.93. The van der Waals surface area contributed by atoms with Crippen LogP contribution in [-0.4, -0.2) is 15.3 Å². The average molecular weight is 383 g/mol. The van der Waals surface area contributed by atoms with E-state index in [4.69, 9.17) is 23.2 Å². The van der Waals surface area contributed by atoms with Crippen molar-refractivity contribution in [1.29, 1.82) is 0 Å². The van der Waals surface area contributed by atoms with Crippen molar-refractivity contribution in [2.24, 2.45) is 5.92 Å². The van der Waals surface area contributed by atoms with E-state index < -0.39 is 0 Å². The van der Waals surface area contributed by atoms with E-state index >= 15 is 0 Å². The molecule has 1 aromatic carbocycles. The molecule has 2 aromatic rings. The first kappa shape index (κ1) is 18.2. The molecule has 1 aliphatic rings. The molecule has 2 unspecified atom stereocenters. The number of imidazole rings is 1. The normalized spacial score (nSPS) is 17.9. The molecule has 2 nitrogen and oxygen atoms in total. The van der Waals surface area contributed by atoms with Crippen molar-refractivity contribution in [3.63, 3.8) is 0 Å². The number of nitrogens with zero attached hydrogens (tertiary/aromatic N) is 2. The Morgan fingerprint density at radius 3 is 2.62 bits per heavy atom. The Hall–Kier alpha value is -0.640. The molecular weight excluding hydrogens is 359 g/mol. The number of hydrogen-bond donors (Lipinski definition) is 0. The molecule has 0 saturated heterocycles. The van der Waals surface area contributed by atoms with E-state index in [0.717, 1.165) is 16.7 Å². The van der Waals surface area contributed by atoms with Crippen LogP contribution >= 0.6 is 35.0 Å². The highest BCUT2D eigenvalue weighted by atomic mass is 35.5. The van der Waals surface area contributed by atoms with Crippen molar-refractivity contribution in [2.75, 3.05) is 5.75 Å². The lowest BCUT2D eigenvalue weighted by Crippen LogP contribution is -2.10. The standard InChI is InChI=1S/C19H24Cl2N2S/c20-17-9-7-16(8-10-17)18(19(21)23-12-11-22-14-23)24-13-3-6-15-4-1-2-5-15/h7-12,14-15,18-19H,1-6,13H2. The van der Waals surface area contributed by atoms with E-state index in [1.165, 1.54) is 44.1 Å². The molecule has 0 N–H and O–H groups in total. The summed E-state index contributed by atoms with van der Waals surface area (Å²) < 4.78 is 1.98. The summed E-state index contributed by atoms with van der Waals surface area (Å²) in [6, 6.07) is 8.06. The molecule has 130 valence electrons. The number of hydrogen-bond acceptors (Lipinski definition) is 2. The summed E-state index contributed by atoms with van der Waals surface area (Å²) in [5.41, 5.74) is 1.07. The first-order valence-corrected chi connectivity index (χ1v) is 10.6. The first-order valence-electron chi connectivity index (χ1n) is 8.72. The third-order valence-electron chi connectivity index (χ3n) is 4.79. The van der Waals surface area contributed by atoms with Crippen molar-refractivity contribution in [2.45, 2.75) is 49.3 Å². The highest BCUT2D eigenvalue weighted by Gasteiger charge is 2.23. The largest absolute Gasteiger partial charge is 0.319 e. The Balaban J connectivity index is 1.61. The summed E-state index contributed by atoms with van der Waals surface area (Å²) in [4.78, 5) is 4.13. The SMILES string of the molecule is Clc1ccc(C(SCCCC2CCCC2)C(Cl)n2ccnc2)cc1. The van der Waals surface area contributed by atoms with Crippen molar-refractivity contribution in [3.8, 4) is 0 Å². The lowest BCUT2D eigenvalue weighted by atomic mass is 10.0. The highest BCUT2D eigenvalue weighted by Crippen LogP contribution is 2.42. The van der Waals surface area contributed by atoms with Crippen LogP contribution in [0.15, 0.2) is 43.0 Å². The summed E-state index contributed by atoms with van der Waals surface area (Å²) >= 11 is 14.7. The van der Waals surface area contributed by atoms with Crippen molar-refractivity contribution >= 4 is 35.0 Å². The van der Waals surface area contributed by atoms with Gasteiger partial charge < -0.3 is 4.57 Å². The van der Waals surface area contributed by atoms with Gasteiger partial charge >= 0.3 is 0 Å². The van der Waals surface area contributed by atoms with Crippen molar-refractivity contribution in [3.05, 3.63) is 53.6 Å². The summed E-state index contributed by atoms with van der Waals surface area (Å²) in [6.07, 6.45) is 13.8. The maximum absolute atomic E-state index is 6.76. The molecular formula is C19H24Cl2N2S. The number of rotatable bonds is 8. The second kappa shape index (κ2) is 9.17.